The second-order valence-corrected chi connectivity index (χ2v) is 8.17. The zero-order valence-corrected chi connectivity index (χ0v) is 12.5. The minimum atomic E-state index is -3.40. The van der Waals surface area contributed by atoms with Crippen LogP contribution >= 0.6 is 11.3 Å². The molecule has 114 valence electrons. The van der Waals surface area contributed by atoms with E-state index in [-0.39, 0.29) is 16.4 Å². The van der Waals surface area contributed by atoms with Gasteiger partial charge in [0.25, 0.3) is 0 Å². The summed E-state index contributed by atoms with van der Waals surface area (Å²) in [6.45, 7) is 1.57. The summed E-state index contributed by atoms with van der Waals surface area (Å²) in [6, 6.07) is 3.19. The Labute approximate surface area is 121 Å². The molecule has 1 aromatic heterocycles. The first kappa shape index (κ1) is 15.9. The third-order valence-corrected chi connectivity index (χ3v) is 6.66. The molecule has 20 heavy (non-hydrogen) atoms. The molecule has 1 aliphatic rings. The van der Waals surface area contributed by atoms with Crippen molar-refractivity contribution in [2.45, 2.75) is 48.1 Å². The fraction of sp³-hybridized carbons (Fsp3) is 0.667. The van der Waals surface area contributed by atoms with Gasteiger partial charge in [-0.15, -0.1) is 11.3 Å². The van der Waals surface area contributed by atoms with E-state index < -0.39 is 40.4 Å². The van der Waals surface area contributed by atoms with Crippen molar-refractivity contribution in [3.8, 4) is 0 Å². The molecule has 0 bridgehead atoms. The quantitative estimate of drug-likeness (QED) is 0.708. The van der Waals surface area contributed by atoms with Gasteiger partial charge in [0.05, 0.1) is 18.0 Å². The molecule has 2 rings (SSSR count). The fourth-order valence-corrected chi connectivity index (χ4v) is 4.67. The lowest BCUT2D eigenvalue weighted by molar-refractivity contribution is -0.217. The summed E-state index contributed by atoms with van der Waals surface area (Å²) >= 11 is 1.14. The third kappa shape index (κ3) is 3.21. The largest absolute Gasteiger partial charge is 0.388 e. The van der Waals surface area contributed by atoms with Gasteiger partial charge in [-0.25, -0.2) is 8.42 Å². The van der Waals surface area contributed by atoms with Gasteiger partial charge in [-0.1, -0.05) is 6.07 Å². The Kier molecular flexibility index (Phi) is 4.83. The molecule has 0 aliphatic carbocycles. The Balaban J connectivity index is 2.00. The van der Waals surface area contributed by atoms with Crippen molar-refractivity contribution < 1.29 is 28.5 Å². The van der Waals surface area contributed by atoms with Crippen LogP contribution in [0.4, 0.5) is 0 Å². The third-order valence-electron chi connectivity index (χ3n) is 3.42. The fourth-order valence-electron chi connectivity index (χ4n) is 2.19. The second kappa shape index (κ2) is 6.08. The van der Waals surface area contributed by atoms with Gasteiger partial charge in [0.2, 0.25) is 0 Å². The van der Waals surface area contributed by atoms with Gasteiger partial charge >= 0.3 is 0 Å². The van der Waals surface area contributed by atoms with Gasteiger partial charge in [0.1, 0.15) is 22.5 Å². The number of aliphatic hydroxyl groups is 3. The van der Waals surface area contributed by atoms with Crippen LogP contribution in [0.1, 0.15) is 13.3 Å². The van der Waals surface area contributed by atoms with Crippen LogP contribution in [0, 0.1) is 0 Å². The van der Waals surface area contributed by atoms with Gasteiger partial charge in [0.15, 0.2) is 9.84 Å². The molecular weight excluding hydrogens is 304 g/mol. The summed E-state index contributed by atoms with van der Waals surface area (Å²) in [6.07, 6.45) is -5.18. The minimum Gasteiger partial charge on any atom is -0.388 e. The summed E-state index contributed by atoms with van der Waals surface area (Å²) in [5.74, 6) is -0.176. The number of rotatable bonds is 4. The standard InChI is InChI=1S/C12H18O6S2/c1-7-10(13)12(15)11(14)8(18-7)4-6-20(16,17)9-3-2-5-19-9/h2-3,5,7-8,10-15H,4,6H2,1H3/t7?,8-,10-,11?,12+/m1/s1. The molecule has 0 amide bonds. The molecule has 1 fully saturated rings. The minimum absolute atomic E-state index is 0.0650. The normalized spacial score (nSPS) is 35.1. The predicted molar refractivity (Wildman–Crippen MR) is 73.3 cm³/mol. The van der Waals surface area contributed by atoms with Crippen molar-refractivity contribution in [3.63, 3.8) is 0 Å². The average molecular weight is 322 g/mol. The highest BCUT2D eigenvalue weighted by atomic mass is 32.2. The van der Waals surface area contributed by atoms with E-state index in [1.807, 2.05) is 0 Å². The van der Waals surface area contributed by atoms with Crippen LogP contribution in [0.2, 0.25) is 0 Å². The molecule has 1 saturated heterocycles. The van der Waals surface area contributed by atoms with Crippen molar-refractivity contribution >= 4 is 21.2 Å². The summed E-state index contributed by atoms with van der Waals surface area (Å²) in [5, 5.41) is 30.7. The summed E-state index contributed by atoms with van der Waals surface area (Å²) in [4.78, 5) is 0. The van der Waals surface area contributed by atoms with Crippen LogP contribution in [-0.4, -0.2) is 60.0 Å². The molecular formula is C12H18O6S2. The van der Waals surface area contributed by atoms with Crippen LogP contribution in [0.3, 0.4) is 0 Å². The lowest BCUT2D eigenvalue weighted by Crippen LogP contribution is -2.56. The second-order valence-electron chi connectivity index (χ2n) is 4.89. The maximum atomic E-state index is 12.0. The molecule has 1 aromatic rings. The molecule has 0 aromatic carbocycles. The number of thiophene rings is 1. The topological polar surface area (TPSA) is 104 Å². The molecule has 6 nitrogen and oxygen atoms in total. The Bertz CT molecular complexity index is 526. The van der Waals surface area contributed by atoms with E-state index in [1.54, 1.807) is 18.4 Å². The highest BCUT2D eigenvalue weighted by molar-refractivity contribution is 7.93. The number of hydrogen-bond donors (Lipinski definition) is 3. The van der Waals surface area contributed by atoms with E-state index in [0.29, 0.717) is 0 Å². The highest BCUT2D eigenvalue weighted by Gasteiger charge is 2.41. The molecule has 2 unspecified atom stereocenters. The molecule has 2 heterocycles. The van der Waals surface area contributed by atoms with E-state index >= 15 is 0 Å². The monoisotopic (exact) mass is 322 g/mol. The van der Waals surface area contributed by atoms with Crippen LogP contribution in [0.5, 0.6) is 0 Å². The van der Waals surface area contributed by atoms with Gasteiger partial charge in [-0.3, -0.25) is 0 Å². The zero-order chi connectivity index (χ0) is 14.9. The molecule has 3 N–H and O–H groups in total. The molecule has 5 atom stereocenters. The number of aliphatic hydroxyl groups excluding tert-OH is 3. The van der Waals surface area contributed by atoms with Crippen LogP contribution in [-0.2, 0) is 14.6 Å². The first-order valence-corrected chi connectivity index (χ1v) is 8.82. The van der Waals surface area contributed by atoms with E-state index in [9.17, 15) is 23.7 Å². The number of sulfone groups is 1. The van der Waals surface area contributed by atoms with Gasteiger partial charge in [0, 0.05) is 0 Å². The maximum Gasteiger partial charge on any atom is 0.187 e. The number of ether oxygens (including phenoxy) is 1. The van der Waals surface area contributed by atoms with Crippen molar-refractivity contribution in [3.05, 3.63) is 17.5 Å². The summed E-state index contributed by atoms with van der Waals surface area (Å²) < 4.78 is 29.7. The Morgan fingerprint density at radius 3 is 2.55 bits per heavy atom. The Morgan fingerprint density at radius 2 is 1.95 bits per heavy atom. The summed E-state index contributed by atoms with van der Waals surface area (Å²) in [7, 11) is -3.40. The Morgan fingerprint density at radius 1 is 1.25 bits per heavy atom. The molecule has 1 aliphatic heterocycles. The SMILES string of the molecule is CC1O[C@H](CCS(=O)(=O)c2cccs2)C(O)[C@@H](O)[C@@H]1O. The Hall–Kier alpha value is -0.510. The van der Waals surface area contributed by atoms with Crippen molar-refractivity contribution in [2.24, 2.45) is 0 Å². The highest BCUT2D eigenvalue weighted by Crippen LogP contribution is 2.25. The van der Waals surface area contributed by atoms with E-state index in [0.717, 1.165) is 11.3 Å². The zero-order valence-electron chi connectivity index (χ0n) is 10.9. The molecule has 0 saturated carbocycles. The number of hydrogen-bond acceptors (Lipinski definition) is 7. The lowest BCUT2D eigenvalue weighted by atomic mass is 9.94. The lowest BCUT2D eigenvalue weighted by Gasteiger charge is -2.39. The first-order valence-electron chi connectivity index (χ1n) is 6.29. The first-order chi connectivity index (χ1) is 9.33. The van der Waals surface area contributed by atoms with Crippen LogP contribution < -0.4 is 0 Å². The van der Waals surface area contributed by atoms with E-state index in [4.69, 9.17) is 4.74 Å². The predicted octanol–water partition coefficient (Wildman–Crippen LogP) is -0.218. The molecule has 0 radical (unpaired) electrons. The average Bonchev–Trinajstić information content (AvgIpc) is 2.94. The van der Waals surface area contributed by atoms with Gasteiger partial charge in [-0.05, 0) is 24.8 Å². The van der Waals surface area contributed by atoms with Gasteiger partial charge < -0.3 is 20.1 Å². The van der Waals surface area contributed by atoms with Crippen LogP contribution in [0.25, 0.3) is 0 Å². The van der Waals surface area contributed by atoms with Crippen molar-refractivity contribution in [1.29, 1.82) is 0 Å². The van der Waals surface area contributed by atoms with Crippen molar-refractivity contribution in [2.75, 3.05) is 5.75 Å². The van der Waals surface area contributed by atoms with E-state index in [1.165, 1.54) is 6.07 Å². The molecule has 0 spiro atoms. The summed E-state index contributed by atoms with van der Waals surface area (Å²) in [5.41, 5.74) is 0. The van der Waals surface area contributed by atoms with Crippen LogP contribution in [0.15, 0.2) is 21.7 Å². The van der Waals surface area contributed by atoms with Gasteiger partial charge in [-0.2, -0.15) is 0 Å². The maximum absolute atomic E-state index is 12.0. The molecule has 8 heteroatoms. The van der Waals surface area contributed by atoms with Crippen molar-refractivity contribution in [1.82, 2.24) is 0 Å². The smallest absolute Gasteiger partial charge is 0.187 e. The van der Waals surface area contributed by atoms with E-state index in [2.05, 4.69) is 0 Å².